The van der Waals surface area contributed by atoms with E-state index in [0.29, 0.717) is 0 Å². The van der Waals surface area contributed by atoms with E-state index >= 15 is 0 Å². The second-order valence-corrected chi connectivity index (χ2v) is 43.8. The second kappa shape index (κ2) is 6.84. The maximum absolute atomic E-state index is 5.42. The van der Waals surface area contributed by atoms with E-state index in [2.05, 4.69) is 28.5 Å². The molecular formula is C5H14I3N. The molecule has 0 aliphatic rings. The van der Waals surface area contributed by atoms with Crippen molar-refractivity contribution in [3.8, 4) is 0 Å². The first-order chi connectivity index (χ1) is 4.18. The number of alkyl halides is 3. The third kappa shape index (κ3) is 6.54. The van der Waals surface area contributed by atoms with Gasteiger partial charge in [0.25, 0.3) is 0 Å². The van der Waals surface area contributed by atoms with Crippen molar-refractivity contribution in [2.75, 3.05) is 20.8 Å². The summed E-state index contributed by atoms with van der Waals surface area (Å²) in [6.07, 6.45) is 1.28. The molecule has 0 atom stereocenters. The number of nitrogens with two attached hydrogens (primary N) is 1. The van der Waals surface area contributed by atoms with Gasteiger partial charge in [0.1, 0.15) is 0 Å². The molecule has 60 valence electrons. The zero-order valence-electron chi connectivity index (χ0n) is 5.83. The van der Waals surface area contributed by atoms with Gasteiger partial charge in [0, 0.05) is 0 Å². The Hall–Kier alpha value is 2.15. The Balaban J connectivity index is 3.16. The van der Waals surface area contributed by atoms with Crippen molar-refractivity contribution >= 4 is 46.3 Å². The third-order valence-electron chi connectivity index (χ3n) is 0.934. The van der Waals surface area contributed by atoms with Crippen LogP contribution in [0.15, 0.2) is 0 Å². The summed E-state index contributed by atoms with van der Waals surface area (Å²) in [5, 5.41) is 0. The van der Waals surface area contributed by atoms with Gasteiger partial charge in [-0.15, -0.1) is 0 Å². The Labute approximate surface area is 77.9 Å². The van der Waals surface area contributed by atoms with Gasteiger partial charge in [-0.25, -0.2) is 0 Å². The predicted molar refractivity (Wildman–Crippen MR) is 72.4 cm³/mol. The minimum atomic E-state index is -0.385. The molecule has 2 N–H and O–H groups in total. The van der Waals surface area contributed by atoms with Crippen LogP contribution in [0.25, 0.3) is 0 Å². The van der Waals surface area contributed by atoms with Crippen molar-refractivity contribution in [3.05, 3.63) is 0 Å². The van der Waals surface area contributed by atoms with Crippen molar-refractivity contribution in [1.82, 2.24) is 0 Å². The van der Waals surface area contributed by atoms with Gasteiger partial charge in [-0.2, -0.15) is 0 Å². The van der Waals surface area contributed by atoms with Gasteiger partial charge in [-0.1, -0.05) is 0 Å². The molecule has 0 saturated carbocycles. The Kier molecular flexibility index (Phi) is 8.47. The third-order valence-corrected chi connectivity index (χ3v) is 44.4. The fourth-order valence-corrected chi connectivity index (χ4v) is 15.1. The van der Waals surface area contributed by atoms with E-state index in [9.17, 15) is 0 Å². The van der Waals surface area contributed by atoms with Gasteiger partial charge in [0.15, 0.2) is 0 Å². The molecule has 9 heavy (non-hydrogen) atoms. The molecule has 0 aromatic carbocycles. The van der Waals surface area contributed by atoms with Gasteiger partial charge in [0.05, 0.1) is 0 Å². The molecule has 0 rings (SSSR count). The number of rotatable bonds is 4. The summed E-state index contributed by atoms with van der Waals surface area (Å²) in [4.78, 5) is 4.99. The summed E-state index contributed by atoms with van der Waals surface area (Å²) in [6.45, 7) is 0.905. The molecule has 4 heteroatoms. The van der Waals surface area contributed by atoms with Crippen molar-refractivity contribution < 1.29 is 0 Å². The molecule has 0 saturated heterocycles. The van der Waals surface area contributed by atoms with Gasteiger partial charge >= 0.3 is 79.3 Å². The van der Waals surface area contributed by atoms with Gasteiger partial charge in [0.2, 0.25) is 0 Å². The monoisotopic (exact) mass is 469 g/mol. The van der Waals surface area contributed by atoms with Crippen LogP contribution in [0.1, 0.15) is 6.42 Å². The summed E-state index contributed by atoms with van der Waals surface area (Å²) in [7, 11) is 0. The first-order valence-electron chi connectivity index (χ1n) is 2.72. The van der Waals surface area contributed by atoms with Crippen molar-refractivity contribution in [3.63, 3.8) is 0 Å². The van der Waals surface area contributed by atoms with Crippen LogP contribution in [0.4, 0.5) is 0 Å². The van der Waals surface area contributed by atoms with Gasteiger partial charge in [-0.3, -0.25) is 0 Å². The molecule has 1 nitrogen and oxygen atoms in total. The topological polar surface area (TPSA) is 26.0 Å². The van der Waals surface area contributed by atoms with E-state index in [1.165, 1.54) is 10.8 Å². The number of halogens is 3. The Morgan fingerprint density at radius 2 is 2.00 bits per heavy atom. The molecule has 0 heterocycles. The zero-order valence-corrected chi connectivity index (χ0v) is 12.3. The van der Waals surface area contributed by atoms with E-state index in [-0.39, 0.29) is 27.7 Å². The van der Waals surface area contributed by atoms with Crippen LogP contribution in [0.2, 0.25) is 0 Å². The Morgan fingerprint density at radius 1 is 1.44 bits per heavy atom. The molecule has 0 aliphatic heterocycles. The van der Waals surface area contributed by atoms with E-state index in [1.54, 1.807) is 0 Å². The van der Waals surface area contributed by atoms with Crippen molar-refractivity contribution in [2.24, 2.45) is 5.73 Å². The summed E-state index contributed by atoms with van der Waals surface area (Å²) in [5.41, 5.74) is 5.42. The number of hydrogen-bond acceptors (Lipinski definition) is 1. The minimum absolute atomic E-state index is 0.375. The van der Waals surface area contributed by atoms with Crippen LogP contribution in [0.5, 0.6) is 0 Å². The summed E-state index contributed by atoms with van der Waals surface area (Å²) < 4.78 is 1.50. The Morgan fingerprint density at radius 3 is 2.33 bits per heavy atom. The average Bonchev–Trinajstić information content (AvgIpc) is 1.82. The van der Waals surface area contributed by atoms with Crippen LogP contribution >= 0.6 is 46.3 Å². The van der Waals surface area contributed by atoms with E-state index in [1.807, 2.05) is 0 Å². The van der Waals surface area contributed by atoms with Gasteiger partial charge in [-0.05, 0) is 0 Å². The second-order valence-electron chi connectivity index (χ2n) is 1.68. The van der Waals surface area contributed by atoms with Crippen molar-refractivity contribution in [1.29, 1.82) is 0 Å². The summed E-state index contributed by atoms with van der Waals surface area (Å²) >= 11 is 1.93. The Bertz CT molecular complexity index is 67.2. The van der Waals surface area contributed by atoms with Crippen molar-refractivity contribution in [2.45, 2.75) is 6.42 Å². The summed E-state index contributed by atoms with van der Waals surface area (Å²) in [5.74, 6) is 0. The first kappa shape index (κ1) is 11.2. The predicted octanol–water partition coefficient (Wildman–Crippen LogP) is 2.87. The van der Waals surface area contributed by atoms with Crippen LogP contribution < -0.4 is 5.73 Å². The molecule has 0 aromatic rings. The normalized spacial score (nSPS) is 13.3. The van der Waals surface area contributed by atoms with E-state index in [4.69, 9.17) is 5.73 Å². The SMILES string of the molecule is CI(I)I(C)CCCN. The molecular weight excluding hydrogens is 455 g/mol. The zero-order chi connectivity index (χ0) is 7.28. The van der Waals surface area contributed by atoms with Crippen LogP contribution in [0, 0.1) is 0 Å². The average molecular weight is 469 g/mol. The molecule has 0 spiro atoms. The fraction of sp³-hybridized carbons (Fsp3) is 1.00. The van der Waals surface area contributed by atoms with Crippen LogP contribution in [-0.4, -0.2) is 20.8 Å². The molecule has 0 fully saturated rings. The van der Waals surface area contributed by atoms with Gasteiger partial charge < -0.3 is 0 Å². The molecule has 0 bridgehead atoms. The molecule has 0 aromatic heterocycles. The molecule has 0 amide bonds. The maximum atomic E-state index is 5.42. The van der Waals surface area contributed by atoms with E-state index < -0.39 is 0 Å². The number of hydrogen-bond donors (Lipinski definition) is 1. The first-order valence-corrected chi connectivity index (χ1v) is 21.1. The van der Waals surface area contributed by atoms with E-state index in [0.717, 1.165) is 6.54 Å². The molecule has 0 radical (unpaired) electrons. The molecule has 0 unspecified atom stereocenters. The standard InChI is InChI=1S/C5H14I3N/c1-7(8(2)6)4-3-5-9/h3-5,9H2,1-2H3. The quantitative estimate of drug-likeness (QED) is 0.498. The van der Waals surface area contributed by atoms with Crippen LogP contribution in [-0.2, 0) is 0 Å². The van der Waals surface area contributed by atoms with Crippen LogP contribution in [0.3, 0.4) is 0 Å². The summed E-state index contributed by atoms with van der Waals surface area (Å²) in [6, 6.07) is 0. The molecule has 0 aliphatic carbocycles. The fourth-order valence-electron chi connectivity index (χ4n) is 0.360.